The molecule has 2 aromatic rings. The number of nitrogens with two attached hydrogens (primary N) is 2. The van der Waals surface area contributed by atoms with Crippen molar-refractivity contribution in [1.29, 1.82) is 0 Å². The molecular formula is C13H14N2O. The van der Waals surface area contributed by atoms with Crippen molar-refractivity contribution < 1.29 is 5.11 Å². The van der Waals surface area contributed by atoms with Gasteiger partial charge in [-0.1, -0.05) is 36.4 Å². The lowest BCUT2D eigenvalue weighted by Crippen LogP contribution is -2.06. The highest BCUT2D eigenvalue weighted by atomic mass is 16.3. The van der Waals surface area contributed by atoms with Gasteiger partial charge >= 0.3 is 0 Å². The van der Waals surface area contributed by atoms with Crippen molar-refractivity contribution in [2.45, 2.75) is 6.10 Å². The van der Waals surface area contributed by atoms with Crippen LogP contribution in [0, 0.1) is 0 Å². The van der Waals surface area contributed by atoms with E-state index in [1.165, 1.54) is 0 Å². The highest BCUT2D eigenvalue weighted by Gasteiger charge is 2.14. The van der Waals surface area contributed by atoms with Gasteiger partial charge in [0.1, 0.15) is 6.10 Å². The van der Waals surface area contributed by atoms with Gasteiger partial charge in [0.2, 0.25) is 0 Å². The lowest BCUT2D eigenvalue weighted by molar-refractivity contribution is 0.222. The highest BCUT2D eigenvalue weighted by molar-refractivity contribution is 5.56. The molecule has 3 heteroatoms. The smallest absolute Gasteiger partial charge is 0.108 e. The van der Waals surface area contributed by atoms with Crippen LogP contribution in [0.4, 0.5) is 11.4 Å². The average Bonchev–Trinajstić information content (AvgIpc) is 2.29. The summed E-state index contributed by atoms with van der Waals surface area (Å²) in [5.74, 6) is 0. The van der Waals surface area contributed by atoms with Crippen molar-refractivity contribution in [1.82, 2.24) is 0 Å². The second kappa shape index (κ2) is 4.24. The number of benzene rings is 2. The van der Waals surface area contributed by atoms with Gasteiger partial charge in [0.15, 0.2) is 0 Å². The molecule has 0 aliphatic heterocycles. The lowest BCUT2D eigenvalue weighted by atomic mass is 9.99. The second-order valence-electron chi connectivity index (χ2n) is 3.66. The number of hydrogen-bond donors (Lipinski definition) is 3. The Kier molecular flexibility index (Phi) is 2.79. The van der Waals surface area contributed by atoms with Gasteiger partial charge in [-0.05, 0) is 12.1 Å². The second-order valence-corrected chi connectivity index (χ2v) is 3.66. The molecule has 2 aromatic carbocycles. The number of para-hydroxylation sites is 2. The number of hydrogen-bond acceptors (Lipinski definition) is 3. The van der Waals surface area contributed by atoms with Gasteiger partial charge in [-0.15, -0.1) is 0 Å². The molecule has 0 aliphatic rings. The first-order valence-electron chi connectivity index (χ1n) is 5.07. The summed E-state index contributed by atoms with van der Waals surface area (Å²) in [6, 6.07) is 14.5. The van der Waals surface area contributed by atoms with E-state index in [-0.39, 0.29) is 0 Å². The summed E-state index contributed by atoms with van der Waals surface area (Å²) >= 11 is 0. The fraction of sp³-hybridized carbons (Fsp3) is 0.0769. The molecule has 2 rings (SSSR count). The van der Waals surface area contributed by atoms with Gasteiger partial charge in [-0.2, -0.15) is 0 Å². The van der Waals surface area contributed by atoms with Crippen molar-refractivity contribution in [3.63, 3.8) is 0 Å². The van der Waals surface area contributed by atoms with E-state index >= 15 is 0 Å². The normalized spacial score (nSPS) is 10.6. The predicted molar refractivity (Wildman–Crippen MR) is 65.8 cm³/mol. The standard InChI is InChI=1S/C13H14N2O/c14-11-7-3-1-5-9(11)13(16)10-6-2-4-8-12(10)15/h1-8,13,16H,14-15H2. The first-order chi connectivity index (χ1) is 7.70. The van der Waals surface area contributed by atoms with E-state index < -0.39 is 6.10 Å². The zero-order chi connectivity index (χ0) is 11.5. The minimum Gasteiger partial charge on any atom is -0.398 e. The van der Waals surface area contributed by atoms with Gasteiger partial charge in [0.25, 0.3) is 0 Å². The molecule has 16 heavy (non-hydrogen) atoms. The Morgan fingerprint density at radius 1 is 0.750 bits per heavy atom. The minimum atomic E-state index is -0.776. The number of aliphatic hydroxyl groups excluding tert-OH is 1. The molecule has 0 heterocycles. The minimum absolute atomic E-state index is 0.568. The molecule has 5 N–H and O–H groups in total. The fourth-order valence-electron chi connectivity index (χ4n) is 1.69. The van der Waals surface area contributed by atoms with Crippen LogP contribution in [0.1, 0.15) is 17.2 Å². The molecule has 3 nitrogen and oxygen atoms in total. The maximum Gasteiger partial charge on any atom is 0.108 e. The van der Waals surface area contributed by atoms with Crippen LogP contribution in [0.25, 0.3) is 0 Å². The fourth-order valence-corrected chi connectivity index (χ4v) is 1.69. The van der Waals surface area contributed by atoms with Gasteiger partial charge in [0.05, 0.1) is 0 Å². The Hall–Kier alpha value is -2.00. The molecule has 0 fully saturated rings. The molecule has 0 aromatic heterocycles. The highest BCUT2D eigenvalue weighted by Crippen LogP contribution is 2.29. The third-order valence-corrected chi connectivity index (χ3v) is 2.58. The van der Waals surface area contributed by atoms with E-state index in [1.54, 1.807) is 24.3 Å². The van der Waals surface area contributed by atoms with Crippen LogP contribution >= 0.6 is 0 Å². The Morgan fingerprint density at radius 3 is 1.50 bits per heavy atom. The van der Waals surface area contributed by atoms with E-state index in [1.807, 2.05) is 24.3 Å². The summed E-state index contributed by atoms with van der Waals surface area (Å²) in [6.07, 6.45) is -0.776. The Balaban J connectivity index is 2.44. The summed E-state index contributed by atoms with van der Waals surface area (Å²) in [5, 5.41) is 10.2. The van der Waals surface area contributed by atoms with Crippen molar-refractivity contribution in [2.75, 3.05) is 11.5 Å². The van der Waals surface area contributed by atoms with Crippen LogP contribution in [0.15, 0.2) is 48.5 Å². The molecule has 0 unspecified atom stereocenters. The molecule has 0 aliphatic carbocycles. The molecule has 0 amide bonds. The topological polar surface area (TPSA) is 72.3 Å². The molecule has 82 valence electrons. The van der Waals surface area contributed by atoms with Gasteiger partial charge in [-0.25, -0.2) is 0 Å². The van der Waals surface area contributed by atoms with E-state index in [4.69, 9.17) is 11.5 Å². The van der Waals surface area contributed by atoms with E-state index in [9.17, 15) is 5.11 Å². The van der Waals surface area contributed by atoms with Gasteiger partial charge < -0.3 is 16.6 Å². The largest absolute Gasteiger partial charge is 0.398 e. The van der Waals surface area contributed by atoms with Crippen LogP contribution < -0.4 is 11.5 Å². The molecule has 0 radical (unpaired) electrons. The number of rotatable bonds is 2. The third kappa shape index (κ3) is 1.85. The maximum atomic E-state index is 10.2. The van der Waals surface area contributed by atoms with Crippen LogP contribution in [0.2, 0.25) is 0 Å². The molecule has 0 bridgehead atoms. The molecule has 0 saturated heterocycles. The third-order valence-electron chi connectivity index (χ3n) is 2.58. The predicted octanol–water partition coefficient (Wildman–Crippen LogP) is 1.93. The van der Waals surface area contributed by atoms with Crippen LogP contribution in [-0.4, -0.2) is 5.11 Å². The SMILES string of the molecule is Nc1ccccc1C(O)c1ccccc1N. The summed E-state index contributed by atoms with van der Waals surface area (Å²) < 4.78 is 0. The zero-order valence-corrected chi connectivity index (χ0v) is 8.80. The summed E-state index contributed by atoms with van der Waals surface area (Å²) in [6.45, 7) is 0. The molecule has 0 saturated carbocycles. The molecule has 0 atom stereocenters. The molecule has 0 spiro atoms. The van der Waals surface area contributed by atoms with Crippen molar-refractivity contribution in [3.8, 4) is 0 Å². The molecular weight excluding hydrogens is 200 g/mol. The summed E-state index contributed by atoms with van der Waals surface area (Å²) in [4.78, 5) is 0. The Labute approximate surface area is 94.3 Å². The number of nitrogen functional groups attached to an aromatic ring is 2. The van der Waals surface area contributed by atoms with Gasteiger partial charge in [-0.3, -0.25) is 0 Å². The Bertz CT molecular complexity index is 451. The maximum absolute atomic E-state index is 10.2. The quantitative estimate of drug-likeness (QED) is 0.669. The summed E-state index contributed by atoms with van der Waals surface area (Å²) in [5.41, 5.74) is 14.1. The van der Waals surface area contributed by atoms with E-state index in [2.05, 4.69) is 0 Å². The van der Waals surface area contributed by atoms with Crippen molar-refractivity contribution in [3.05, 3.63) is 59.7 Å². The monoisotopic (exact) mass is 214 g/mol. The van der Waals surface area contributed by atoms with Crippen LogP contribution in [0.5, 0.6) is 0 Å². The van der Waals surface area contributed by atoms with E-state index in [0.717, 1.165) is 0 Å². The lowest BCUT2D eigenvalue weighted by Gasteiger charge is -2.15. The average molecular weight is 214 g/mol. The first kappa shape index (κ1) is 10.5. The zero-order valence-electron chi connectivity index (χ0n) is 8.80. The first-order valence-corrected chi connectivity index (χ1v) is 5.07. The number of anilines is 2. The van der Waals surface area contributed by atoms with Crippen LogP contribution in [-0.2, 0) is 0 Å². The van der Waals surface area contributed by atoms with E-state index in [0.29, 0.717) is 22.5 Å². The summed E-state index contributed by atoms with van der Waals surface area (Å²) in [7, 11) is 0. The van der Waals surface area contributed by atoms with Gasteiger partial charge in [0, 0.05) is 22.5 Å². The number of aliphatic hydroxyl groups is 1. The van der Waals surface area contributed by atoms with Crippen molar-refractivity contribution in [2.24, 2.45) is 0 Å². The Morgan fingerprint density at radius 2 is 1.12 bits per heavy atom. The van der Waals surface area contributed by atoms with Crippen molar-refractivity contribution >= 4 is 11.4 Å². The van der Waals surface area contributed by atoms with Crippen LogP contribution in [0.3, 0.4) is 0 Å².